The summed E-state index contributed by atoms with van der Waals surface area (Å²) < 4.78 is 2.01. The number of hydrogen-bond donors (Lipinski definition) is 0. The van der Waals surface area contributed by atoms with Gasteiger partial charge in [0.2, 0.25) is 0 Å². The second kappa shape index (κ2) is 5.06. The van der Waals surface area contributed by atoms with Crippen molar-refractivity contribution < 1.29 is 0 Å². The average Bonchev–Trinajstić information content (AvgIpc) is 2.62. The van der Waals surface area contributed by atoms with E-state index in [2.05, 4.69) is 16.9 Å². The van der Waals surface area contributed by atoms with Crippen molar-refractivity contribution in [3.8, 4) is 0 Å². The van der Waals surface area contributed by atoms with Gasteiger partial charge in [0.1, 0.15) is 10.5 Å². The monoisotopic (exact) mass is 255 g/mol. The van der Waals surface area contributed by atoms with Crippen LogP contribution in [0.2, 0.25) is 0 Å². The number of hydrogen-bond acceptors (Lipinski definition) is 3. The van der Waals surface area contributed by atoms with Crippen molar-refractivity contribution in [2.24, 2.45) is 7.05 Å². The summed E-state index contributed by atoms with van der Waals surface area (Å²) in [6.45, 7) is 2.16. The molecule has 2 heterocycles. The van der Waals surface area contributed by atoms with E-state index in [0.717, 1.165) is 22.5 Å². The molecule has 0 bridgehead atoms. The maximum atomic E-state index is 5.73. The molecule has 16 heavy (non-hydrogen) atoms. The molecule has 0 fully saturated rings. The van der Waals surface area contributed by atoms with Crippen molar-refractivity contribution in [2.75, 3.05) is 5.88 Å². The van der Waals surface area contributed by atoms with Gasteiger partial charge < -0.3 is 4.57 Å². The van der Waals surface area contributed by atoms with Crippen molar-refractivity contribution in [2.45, 2.75) is 23.6 Å². The minimum atomic E-state index is 0.470. The van der Waals surface area contributed by atoms with Crippen molar-refractivity contribution in [3.63, 3.8) is 0 Å². The molecule has 3 nitrogen and oxygen atoms in total. The van der Waals surface area contributed by atoms with Gasteiger partial charge in [0, 0.05) is 24.4 Å². The van der Waals surface area contributed by atoms with E-state index in [0.29, 0.717) is 11.1 Å². The Bertz CT molecular complexity index is 483. The van der Waals surface area contributed by atoms with Crippen LogP contribution in [0, 0.1) is 0 Å². The van der Waals surface area contributed by atoms with Gasteiger partial charge >= 0.3 is 0 Å². The standard InChI is InChI=1S/C11H14ClN3S/c1-8(3-5-12)16-11-10-9(4-6-13-11)15(2)7-14-10/h4,6-8H,3,5H2,1-2H3. The van der Waals surface area contributed by atoms with E-state index >= 15 is 0 Å². The SMILES string of the molecule is CC(CCCl)Sc1nccc2c1ncn2C. The lowest BCUT2D eigenvalue weighted by molar-refractivity contribution is 0.908. The summed E-state index contributed by atoms with van der Waals surface area (Å²) in [7, 11) is 1.99. The van der Waals surface area contributed by atoms with Crippen molar-refractivity contribution in [3.05, 3.63) is 18.6 Å². The van der Waals surface area contributed by atoms with Crippen LogP contribution in [0.5, 0.6) is 0 Å². The normalized spacial score (nSPS) is 13.2. The van der Waals surface area contributed by atoms with Gasteiger partial charge in [-0.1, -0.05) is 6.92 Å². The van der Waals surface area contributed by atoms with Crippen molar-refractivity contribution in [1.29, 1.82) is 0 Å². The number of alkyl halides is 1. The van der Waals surface area contributed by atoms with Gasteiger partial charge in [0.25, 0.3) is 0 Å². The number of rotatable bonds is 4. The van der Waals surface area contributed by atoms with E-state index in [4.69, 9.17) is 11.6 Å². The number of aryl methyl sites for hydroxylation is 1. The molecule has 5 heteroatoms. The molecule has 1 unspecified atom stereocenters. The van der Waals surface area contributed by atoms with Crippen LogP contribution in [0.25, 0.3) is 11.0 Å². The van der Waals surface area contributed by atoms with E-state index in [-0.39, 0.29) is 0 Å². The van der Waals surface area contributed by atoms with Gasteiger partial charge in [0.05, 0.1) is 11.8 Å². The minimum Gasteiger partial charge on any atom is -0.334 e. The maximum Gasteiger partial charge on any atom is 0.124 e. The van der Waals surface area contributed by atoms with Gasteiger partial charge in [-0.25, -0.2) is 9.97 Å². The highest BCUT2D eigenvalue weighted by Gasteiger charge is 2.10. The smallest absolute Gasteiger partial charge is 0.124 e. The molecule has 2 rings (SSSR count). The predicted octanol–water partition coefficient (Wildman–Crippen LogP) is 3.08. The molecule has 2 aromatic rings. The van der Waals surface area contributed by atoms with Crippen molar-refractivity contribution >= 4 is 34.4 Å². The highest BCUT2D eigenvalue weighted by molar-refractivity contribution is 8.00. The van der Waals surface area contributed by atoms with E-state index in [1.54, 1.807) is 11.8 Å². The minimum absolute atomic E-state index is 0.470. The van der Waals surface area contributed by atoms with E-state index in [1.807, 2.05) is 30.2 Å². The largest absolute Gasteiger partial charge is 0.334 e. The molecule has 0 aliphatic heterocycles. The van der Waals surface area contributed by atoms with Crippen LogP contribution in [-0.4, -0.2) is 25.7 Å². The van der Waals surface area contributed by atoms with Crippen LogP contribution in [0.4, 0.5) is 0 Å². The first-order valence-corrected chi connectivity index (χ1v) is 6.62. The molecule has 2 aromatic heterocycles. The van der Waals surface area contributed by atoms with Gasteiger partial charge in [-0.15, -0.1) is 23.4 Å². The zero-order valence-corrected chi connectivity index (χ0v) is 10.9. The molecule has 0 amide bonds. The van der Waals surface area contributed by atoms with Crippen LogP contribution >= 0.6 is 23.4 Å². The topological polar surface area (TPSA) is 30.7 Å². The summed E-state index contributed by atoms with van der Waals surface area (Å²) in [5.41, 5.74) is 2.10. The summed E-state index contributed by atoms with van der Waals surface area (Å²) >= 11 is 7.47. The third-order valence-corrected chi connectivity index (χ3v) is 3.82. The molecule has 0 saturated carbocycles. The van der Waals surface area contributed by atoms with Gasteiger partial charge in [0.15, 0.2) is 0 Å². The molecule has 0 spiro atoms. The lowest BCUT2D eigenvalue weighted by Gasteiger charge is -2.08. The first-order chi connectivity index (χ1) is 7.72. The van der Waals surface area contributed by atoms with Crippen LogP contribution in [0.15, 0.2) is 23.6 Å². The predicted molar refractivity (Wildman–Crippen MR) is 69.2 cm³/mol. The molecule has 0 saturated heterocycles. The Morgan fingerprint density at radius 2 is 2.31 bits per heavy atom. The summed E-state index contributed by atoms with van der Waals surface area (Å²) in [5, 5.41) is 1.47. The lowest BCUT2D eigenvalue weighted by Crippen LogP contribution is -1.98. The fourth-order valence-corrected chi connectivity index (χ4v) is 2.99. The Morgan fingerprint density at radius 3 is 3.06 bits per heavy atom. The maximum absolute atomic E-state index is 5.73. The molecule has 0 aliphatic carbocycles. The number of fused-ring (bicyclic) bond motifs is 1. The van der Waals surface area contributed by atoms with Crippen LogP contribution in [-0.2, 0) is 7.05 Å². The fourth-order valence-electron chi connectivity index (χ4n) is 1.53. The summed E-state index contributed by atoms with van der Waals surface area (Å²) in [6, 6.07) is 1.98. The number of nitrogens with zero attached hydrogens (tertiary/aromatic N) is 3. The van der Waals surface area contributed by atoms with Crippen LogP contribution in [0.1, 0.15) is 13.3 Å². The van der Waals surface area contributed by atoms with Gasteiger partial charge in [-0.05, 0) is 12.5 Å². The fraction of sp³-hybridized carbons (Fsp3) is 0.455. The molecule has 0 N–H and O–H groups in total. The summed E-state index contributed by atoms with van der Waals surface area (Å²) in [6.07, 6.45) is 4.64. The Kier molecular flexibility index (Phi) is 3.71. The zero-order chi connectivity index (χ0) is 11.5. The molecule has 86 valence electrons. The lowest BCUT2D eigenvalue weighted by atomic mass is 10.4. The highest BCUT2D eigenvalue weighted by atomic mass is 35.5. The number of pyridine rings is 1. The highest BCUT2D eigenvalue weighted by Crippen LogP contribution is 2.28. The second-order valence-corrected chi connectivity index (χ2v) is 5.55. The molecule has 0 radical (unpaired) electrons. The first kappa shape index (κ1) is 11.7. The molecule has 0 aromatic carbocycles. The van der Waals surface area contributed by atoms with Crippen LogP contribution < -0.4 is 0 Å². The zero-order valence-electron chi connectivity index (χ0n) is 9.35. The van der Waals surface area contributed by atoms with E-state index < -0.39 is 0 Å². The Morgan fingerprint density at radius 1 is 1.50 bits per heavy atom. The number of halogens is 1. The van der Waals surface area contributed by atoms with Crippen LogP contribution in [0.3, 0.4) is 0 Å². The molecule has 0 aliphatic rings. The van der Waals surface area contributed by atoms with Gasteiger partial charge in [-0.3, -0.25) is 0 Å². The second-order valence-electron chi connectivity index (χ2n) is 3.75. The molecular formula is C11H14ClN3S. The quantitative estimate of drug-likeness (QED) is 0.621. The summed E-state index contributed by atoms with van der Waals surface area (Å²) in [4.78, 5) is 8.76. The third kappa shape index (κ3) is 2.33. The average molecular weight is 256 g/mol. The van der Waals surface area contributed by atoms with Crippen molar-refractivity contribution in [1.82, 2.24) is 14.5 Å². The first-order valence-electron chi connectivity index (χ1n) is 5.21. The number of thioether (sulfide) groups is 1. The number of imidazole rings is 1. The third-order valence-electron chi connectivity index (χ3n) is 2.44. The summed E-state index contributed by atoms with van der Waals surface area (Å²) in [5.74, 6) is 0.687. The van der Waals surface area contributed by atoms with Gasteiger partial charge in [-0.2, -0.15) is 0 Å². The number of aromatic nitrogens is 3. The Labute approximate surface area is 104 Å². The Balaban J connectivity index is 2.30. The Hall–Kier alpha value is -0.740. The molecular weight excluding hydrogens is 242 g/mol. The van der Waals surface area contributed by atoms with E-state index in [1.165, 1.54) is 0 Å². The molecule has 1 atom stereocenters. The van der Waals surface area contributed by atoms with E-state index in [9.17, 15) is 0 Å².